The van der Waals surface area contributed by atoms with E-state index in [0.717, 1.165) is 18.6 Å². The molecule has 1 aromatic carbocycles. The van der Waals surface area contributed by atoms with Gasteiger partial charge in [-0.2, -0.15) is 15.8 Å². The molecule has 148 valence electrons. The van der Waals surface area contributed by atoms with Crippen LogP contribution in [0.3, 0.4) is 0 Å². The Kier molecular flexibility index (Phi) is 4.97. The Balaban J connectivity index is 2.32. The smallest absolute Gasteiger partial charge is 0.191 e. The predicted octanol–water partition coefficient (Wildman–Crippen LogP) is 4.83. The van der Waals surface area contributed by atoms with E-state index in [0.29, 0.717) is 17.6 Å². The van der Waals surface area contributed by atoms with Gasteiger partial charge in [-0.15, -0.1) is 0 Å². The van der Waals surface area contributed by atoms with E-state index in [9.17, 15) is 24.6 Å². The summed E-state index contributed by atoms with van der Waals surface area (Å²) in [4.78, 5) is 0. The van der Waals surface area contributed by atoms with Gasteiger partial charge in [0, 0.05) is 5.92 Å². The van der Waals surface area contributed by atoms with E-state index in [-0.39, 0.29) is 28.5 Å². The van der Waals surface area contributed by atoms with Gasteiger partial charge in [0.2, 0.25) is 0 Å². The highest BCUT2D eigenvalue weighted by Gasteiger charge is 2.55. The Morgan fingerprint density at radius 1 is 1.10 bits per heavy atom. The molecule has 6 heteroatoms. The molecule has 2 N–H and O–H groups in total. The molecule has 0 heterocycles. The van der Waals surface area contributed by atoms with Gasteiger partial charge >= 0.3 is 0 Å². The minimum Gasteiger partial charge on any atom is -0.399 e. The van der Waals surface area contributed by atoms with Crippen LogP contribution >= 0.6 is 0 Å². The Morgan fingerprint density at radius 3 is 2.28 bits per heavy atom. The summed E-state index contributed by atoms with van der Waals surface area (Å²) in [7, 11) is 0. The van der Waals surface area contributed by atoms with Crippen LogP contribution in [0.4, 0.5) is 8.78 Å². The topological polar surface area (TPSA) is 97.4 Å². The molecule has 0 aromatic heterocycles. The third-order valence-corrected chi connectivity index (χ3v) is 6.40. The zero-order chi connectivity index (χ0) is 21.6. The number of benzene rings is 1. The van der Waals surface area contributed by atoms with Crippen molar-refractivity contribution >= 4 is 0 Å². The highest BCUT2D eigenvalue weighted by atomic mass is 19.2. The first-order chi connectivity index (χ1) is 13.6. The molecule has 0 amide bonds. The monoisotopic (exact) mass is 392 g/mol. The van der Waals surface area contributed by atoms with Crippen LogP contribution in [0.1, 0.15) is 45.1 Å². The van der Waals surface area contributed by atoms with Crippen LogP contribution in [0.15, 0.2) is 41.1 Å². The van der Waals surface area contributed by atoms with Crippen LogP contribution in [0.5, 0.6) is 0 Å². The summed E-state index contributed by atoms with van der Waals surface area (Å²) >= 11 is 0. The zero-order valence-corrected chi connectivity index (χ0v) is 16.6. The standard InChI is InChI=1S/C23H22F2N4/c1-22(2,3)14-5-6-15-16(9-14)20(13-4-7-18(24)19(25)8-13)23(11-27,12-28)21(29)17(15)10-26/h4,6-8,14,16,20H,5,9,29H2,1-3H3/t14?,16-,20+/m0/s1. The van der Waals surface area contributed by atoms with Crippen LogP contribution in [-0.2, 0) is 0 Å². The minimum absolute atomic E-state index is 0.0396. The molecular weight excluding hydrogens is 370 g/mol. The van der Waals surface area contributed by atoms with Crippen molar-refractivity contribution in [3.05, 3.63) is 58.3 Å². The molecule has 0 fully saturated rings. The Hall–Kier alpha value is -3.17. The quantitative estimate of drug-likeness (QED) is 0.740. The second kappa shape index (κ2) is 7.02. The minimum atomic E-state index is -1.84. The number of nitriles is 3. The van der Waals surface area contributed by atoms with Gasteiger partial charge in [0.15, 0.2) is 17.0 Å². The average molecular weight is 392 g/mol. The molecule has 3 atom stereocenters. The number of fused-ring (bicyclic) bond motifs is 1. The van der Waals surface area contributed by atoms with Crippen molar-refractivity contribution in [2.45, 2.75) is 39.5 Å². The Morgan fingerprint density at radius 2 is 1.76 bits per heavy atom. The van der Waals surface area contributed by atoms with E-state index in [1.807, 2.05) is 18.2 Å². The van der Waals surface area contributed by atoms with Gasteiger partial charge in [0.25, 0.3) is 0 Å². The summed E-state index contributed by atoms with van der Waals surface area (Å²) in [5, 5.41) is 29.8. The fourth-order valence-corrected chi connectivity index (χ4v) is 4.68. The first-order valence-corrected chi connectivity index (χ1v) is 9.49. The fraction of sp³-hybridized carbons (Fsp3) is 0.435. The average Bonchev–Trinajstić information content (AvgIpc) is 2.68. The van der Waals surface area contributed by atoms with Gasteiger partial charge in [-0.25, -0.2) is 8.78 Å². The van der Waals surface area contributed by atoms with Crippen LogP contribution in [0, 0.1) is 68.3 Å². The molecule has 0 saturated heterocycles. The molecule has 0 spiro atoms. The van der Waals surface area contributed by atoms with Gasteiger partial charge in [-0.05, 0) is 53.4 Å². The lowest BCUT2D eigenvalue weighted by Crippen LogP contribution is -2.44. The zero-order valence-electron chi connectivity index (χ0n) is 16.6. The molecule has 29 heavy (non-hydrogen) atoms. The first kappa shape index (κ1) is 20.6. The summed E-state index contributed by atoms with van der Waals surface area (Å²) < 4.78 is 27.6. The Bertz CT molecular complexity index is 1030. The molecule has 0 radical (unpaired) electrons. The molecule has 0 saturated carbocycles. The fourth-order valence-electron chi connectivity index (χ4n) is 4.68. The lowest BCUT2D eigenvalue weighted by Gasteiger charge is -2.47. The normalized spacial score (nSPS) is 25.9. The van der Waals surface area contributed by atoms with Crippen LogP contribution in [0.25, 0.3) is 0 Å². The van der Waals surface area contributed by atoms with Gasteiger partial charge in [-0.3, -0.25) is 0 Å². The van der Waals surface area contributed by atoms with Crippen molar-refractivity contribution in [3.63, 3.8) is 0 Å². The van der Waals surface area contributed by atoms with E-state index in [2.05, 4.69) is 26.8 Å². The largest absolute Gasteiger partial charge is 0.399 e. The summed E-state index contributed by atoms with van der Waals surface area (Å²) in [6, 6.07) is 9.53. The second-order valence-electron chi connectivity index (χ2n) is 8.88. The number of allylic oxidation sites excluding steroid dienone is 4. The van der Waals surface area contributed by atoms with Crippen LogP contribution in [0.2, 0.25) is 0 Å². The summed E-state index contributed by atoms with van der Waals surface area (Å²) in [5.74, 6) is -2.99. The van der Waals surface area contributed by atoms with Crippen molar-refractivity contribution in [1.82, 2.24) is 0 Å². The first-order valence-electron chi connectivity index (χ1n) is 9.49. The molecular formula is C23H22F2N4. The molecule has 0 bridgehead atoms. The molecule has 2 aliphatic carbocycles. The molecule has 1 unspecified atom stereocenters. The lowest BCUT2D eigenvalue weighted by molar-refractivity contribution is 0.170. The maximum atomic E-state index is 14.1. The number of nitrogens with zero attached hydrogens (tertiary/aromatic N) is 3. The van der Waals surface area contributed by atoms with Gasteiger partial charge in [-0.1, -0.05) is 32.9 Å². The van der Waals surface area contributed by atoms with Crippen molar-refractivity contribution in [3.8, 4) is 18.2 Å². The number of hydrogen-bond acceptors (Lipinski definition) is 4. The summed E-state index contributed by atoms with van der Waals surface area (Å²) in [6.07, 6.45) is 3.31. The summed E-state index contributed by atoms with van der Waals surface area (Å²) in [5.41, 5.74) is 5.41. The van der Waals surface area contributed by atoms with E-state index < -0.39 is 23.0 Å². The predicted molar refractivity (Wildman–Crippen MR) is 103 cm³/mol. The van der Waals surface area contributed by atoms with Crippen molar-refractivity contribution < 1.29 is 8.78 Å². The van der Waals surface area contributed by atoms with E-state index in [1.54, 1.807) is 0 Å². The van der Waals surface area contributed by atoms with Crippen LogP contribution in [-0.4, -0.2) is 0 Å². The van der Waals surface area contributed by atoms with Crippen molar-refractivity contribution in [2.24, 2.45) is 28.4 Å². The van der Waals surface area contributed by atoms with Gasteiger partial charge < -0.3 is 5.73 Å². The summed E-state index contributed by atoms with van der Waals surface area (Å²) in [6.45, 7) is 6.34. The molecule has 3 rings (SSSR count). The molecule has 4 nitrogen and oxygen atoms in total. The lowest BCUT2D eigenvalue weighted by atomic mass is 9.54. The second-order valence-corrected chi connectivity index (χ2v) is 8.88. The SMILES string of the molecule is CC(C)(C)C1CC=C2C(C#N)=C(N)C(C#N)(C#N)[C@H](c3ccc(F)c(F)c3)[C@H]2C1. The number of halogens is 2. The van der Waals surface area contributed by atoms with E-state index in [1.165, 1.54) is 6.07 Å². The molecule has 0 aliphatic heterocycles. The number of rotatable bonds is 1. The number of hydrogen-bond donors (Lipinski definition) is 1. The highest BCUT2D eigenvalue weighted by molar-refractivity contribution is 5.59. The molecule has 2 aliphatic rings. The van der Waals surface area contributed by atoms with Gasteiger partial charge in [0.05, 0.1) is 23.4 Å². The van der Waals surface area contributed by atoms with E-state index >= 15 is 0 Å². The van der Waals surface area contributed by atoms with Crippen LogP contribution < -0.4 is 5.73 Å². The maximum Gasteiger partial charge on any atom is 0.191 e. The Labute approximate surface area is 169 Å². The third kappa shape index (κ3) is 3.08. The van der Waals surface area contributed by atoms with Gasteiger partial charge in [0.1, 0.15) is 6.07 Å². The van der Waals surface area contributed by atoms with E-state index in [4.69, 9.17) is 5.73 Å². The third-order valence-electron chi connectivity index (χ3n) is 6.40. The highest BCUT2D eigenvalue weighted by Crippen LogP contribution is 2.57. The molecule has 1 aromatic rings. The number of nitrogens with two attached hydrogens (primary N) is 1. The van der Waals surface area contributed by atoms with Crippen molar-refractivity contribution in [2.75, 3.05) is 0 Å². The van der Waals surface area contributed by atoms with Crippen molar-refractivity contribution in [1.29, 1.82) is 15.8 Å². The maximum absolute atomic E-state index is 14.1.